The van der Waals surface area contributed by atoms with Gasteiger partial charge in [-0.15, -0.1) is 5.10 Å². The predicted octanol–water partition coefficient (Wildman–Crippen LogP) is 1.95. The van der Waals surface area contributed by atoms with Gasteiger partial charge in [-0.2, -0.15) is 13.2 Å². The molecule has 0 spiro atoms. The molecule has 130 valence electrons. The molecular formula is C12H17F3N4O4. The molecule has 0 saturated carbocycles. The number of rotatable bonds is 5. The Kier molecular flexibility index (Phi) is 5.56. The molecule has 2 N–H and O–H groups in total. The Morgan fingerprint density at radius 3 is 2.39 bits per heavy atom. The Balaban J connectivity index is 2.83. The summed E-state index contributed by atoms with van der Waals surface area (Å²) in [6, 6.07) is 0. The van der Waals surface area contributed by atoms with Gasteiger partial charge in [0.25, 0.3) is 0 Å². The third kappa shape index (κ3) is 6.53. The molecule has 0 saturated heterocycles. The first-order valence-electron chi connectivity index (χ1n) is 6.58. The van der Waals surface area contributed by atoms with E-state index < -0.39 is 42.5 Å². The number of hydrogen-bond acceptors (Lipinski definition) is 5. The lowest BCUT2D eigenvalue weighted by atomic mass is 10.2. The fourth-order valence-electron chi connectivity index (χ4n) is 1.56. The maximum Gasteiger partial charge on any atom is 0.407 e. The van der Waals surface area contributed by atoms with E-state index in [1.165, 1.54) is 0 Å². The third-order valence-corrected chi connectivity index (χ3v) is 2.45. The van der Waals surface area contributed by atoms with Gasteiger partial charge in [0, 0.05) is 0 Å². The zero-order chi connectivity index (χ0) is 17.8. The highest BCUT2D eigenvalue weighted by atomic mass is 19.4. The van der Waals surface area contributed by atoms with Gasteiger partial charge >= 0.3 is 18.2 Å². The molecular weight excluding hydrogens is 321 g/mol. The normalized spacial score (nSPS) is 12.1. The SMILES string of the molecule is CC(C)(C)OC(=O)NCc1c(C(=O)O)nnn1CCC(F)(F)F. The topological polar surface area (TPSA) is 106 Å². The van der Waals surface area contributed by atoms with Crippen molar-refractivity contribution < 1.29 is 32.6 Å². The molecule has 1 aromatic heterocycles. The van der Waals surface area contributed by atoms with Gasteiger partial charge < -0.3 is 15.2 Å². The molecule has 8 nitrogen and oxygen atoms in total. The first kappa shape index (κ1) is 18.7. The fraction of sp³-hybridized carbons (Fsp3) is 0.667. The van der Waals surface area contributed by atoms with Crippen LogP contribution in [0.1, 0.15) is 43.4 Å². The van der Waals surface area contributed by atoms with Crippen molar-refractivity contribution in [2.24, 2.45) is 0 Å². The van der Waals surface area contributed by atoms with Gasteiger partial charge in [0.1, 0.15) is 5.60 Å². The van der Waals surface area contributed by atoms with E-state index in [-0.39, 0.29) is 12.2 Å². The molecule has 1 rings (SSSR count). The summed E-state index contributed by atoms with van der Waals surface area (Å²) in [6.45, 7) is 3.91. The number of carbonyl (C=O) groups excluding carboxylic acids is 1. The molecule has 1 aromatic rings. The maximum atomic E-state index is 12.3. The number of carboxylic acids is 1. The summed E-state index contributed by atoms with van der Waals surface area (Å²) in [5, 5.41) is 18.0. The molecule has 0 bridgehead atoms. The molecule has 0 aliphatic rings. The monoisotopic (exact) mass is 338 g/mol. The van der Waals surface area contributed by atoms with Crippen LogP contribution in [0, 0.1) is 0 Å². The van der Waals surface area contributed by atoms with Gasteiger partial charge in [0.05, 0.1) is 25.2 Å². The van der Waals surface area contributed by atoms with Crippen LogP contribution in [0.2, 0.25) is 0 Å². The number of aromatic nitrogens is 3. The number of aromatic carboxylic acids is 1. The van der Waals surface area contributed by atoms with Crippen LogP contribution < -0.4 is 5.32 Å². The molecule has 1 amide bonds. The molecule has 1 heterocycles. The van der Waals surface area contributed by atoms with Gasteiger partial charge in [-0.25, -0.2) is 14.3 Å². The van der Waals surface area contributed by atoms with Crippen LogP contribution in [0.15, 0.2) is 0 Å². The lowest BCUT2D eigenvalue weighted by Crippen LogP contribution is -2.33. The van der Waals surface area contributed by atoms with Gasteiger partial charge in [-0.1, -0.05) is 5.21 Å². The standard InChI is InChI=1S/C12H17F3N4O4/c1-11(2,3)23-10(22)16-6-7-8(9(20)21)17-18-19(7)5-4-12(13,14)15/h4-6H2,1-3H3,(H,16,22)(H,20,21). The van der Waals surface area contributed by atoms with E-state index in [1.807, 2.05) is 0 Å². The van der Waals surface area contributed by atoms with Crippen molar-refractivity contribution in [2.75, 3.05) is 0 Å². The van der Waals surface area contributed by atoms with Crippen molar-refractivity contribution in [1.82, 2.24) is 20.3 Å². The van der Waals surface area contributed by atoms with Crippen LogP contribution in [0.4, 0.5) is 18.0 Å². The molecule has 0 aliphatic heterocycles. The summed E-state index contributed by atoms with van der Waals surface area (Å²) < 4.78 is 42.6. The van der Waals surface area contributed by atoms with E-state index >= 15 is 0 Å². The van der Waals surface area contributed by atoms with E-state index in [2.05, 4.69) is 15.6 Å². The van der Waals surface area contributed by atoms with E-state index in [9.17, 15) is 22.8 Å². The van der Waals surface area contributed by atoms with E-state index in [0.717, 1.165) is 4.68 Å². The second kappa shape index (κ2) is 6.84. The quantitative estimate of drug-likeness (QED) is 0.850. The fourth-order valence-corrected chi connectivity index (χ4v) is 1.56. The molecule has 0 atom stereocenters. The number of halogens is 3. The number of nitrogens with one attached hydrogen (secondary N) is 1. The highest BCUT2D eigenvalue weighted by Crippen LogP contribution is 2.21. The average Bonchev–Trinajstić information content (AvgIpc) is 2.73. The molecule has 0 aromatic carbocycles. The Hall–Kier alpha value is -2.33. The summed E-state index contributed by atoms with van der Waals surface area (Å²) in [4.78, 5) is 22.6. The minimum Gasteiger partial charge on any atom is -0.476 e. The number of alkyl halides is 3. The van der Waals surface area contributed by atoms with E-state index in [1.54, 1.807) is 20.8 Å². The second-order valence-electron chi connectivity index (χ2n) is 5.63. The molecule has 23 heavy (non-hydrogen) atoms. The minimum absolute atomic E-state index is 0.146. The summed E-state index contributed by atoms with van der Waals surface area (Å²) in [7, 11) is 0. The van der Waals surface area contributed by atoms with Gasteiger partial charge in [0.15, 0.2) is 5.69 Å². The number of ether oxygens (including phenoxy) is 1. The van der Waals surface area contributed by atoms with Crippen LogP contribution in [0.5, 0.6) is 0 Å². The number of carbonyl (C=O) groups is 2. The smallest absolute Gasteiger partial charge is 0.407 e. The second-order valence-corrected chi connectivity index (χ2v) is 5.63. The van der Waals surface area contributed by atoms with Crippen molar-refractivity contribution in [3.63, 3.8) is 0 Å². The molecule has 0 radical (unpaired) electrons. The zero-order valence-electron chi connectivity index (χ0n) is 12.8. The number of nitrogens with zero attached hydrogens (tertiary/aromatic N) is 3. The van der Waals surface area contributed by atoms with Crippen LogP contribution in [0.3, 0.4) is 0 Å². The number of carboxylic acid groups (broad SMARTS) is 1. The van der Waals surface area contributed by atoms with E-state index in [4.69, 9.17) is 9.84 Å². The van der Waals surface area contributed by atoms with Crippen molar-refractivity contribution >= 4 is 12.1 Å². The Morgan fingerprint density at radius 2 is 1.91 bits per heavy atom. The molecule has 0 aliphatic carbocycles. The summed E-state index contributed by atoms with van der Waals surface area (Å²) >= 11 is 0. The molecule has 0 fully saturated rings. The van der Waals surface area contributed by atoms with Crippen LogP contribution in [-0.2, 0) is 17.8 Å². The maximum absolute atomic E-state index is 12.3. The largest absolute Gasteiger partial charge is 0.476 e. The third-order valence-electron chi connectivity index (χ3n) is 2.45. The average molecular weight is 338 g/mol. The molecule has 11 heteroatoms. The van der Waals surface area contributed by atoms with Crippen LogP contribution in [0.25, 0.3) is 0 Å². The summed E-state index contributed by atoms with van der Waals surface area (Å²) in [5.41, 5.74) is -1.44. The lowest BCUT2D eigenvalue weighted by Gasteiger charge is -2.19. The number of amides is 1. The van der Waals surface area contributed by atoms with Crippen LogP contribution in [-0.4, -0.2) is 43.9 Å². The van der Waals surface area contributed by atoms with Crippen molar-refractivity contribution in [1.29, 1.82) is 0 Å². The van der Waals surface area contributed by atoms with Crippen molar-refractivity contribution in [3.05, 3.63) is 11.4 Å². The zero-order valence-corrected chi connectivity index (χ0v) is 12.8. The highest BCUT2D eigenvalue weighted by molar-refractivity contribution is 5.86. The van der Waals surface area contributed by atoms with Gasteiger partial charge in [-0.3, -0.25) is 0 Å². The molecule has 0 unspecified atom stereocenters. The lowest BCUT2D eigenvalue weighted by molar-refractivity contribution is -0.137. The van der Waals surface area contributed by atoms with Crippen LogP contribution >= 0.6 is 0 Å². The Bertz CT molecular complexity index is 578. The first-order valence-corrected chi connectivity index (χ1v) is 6.58. The summed E-state index contributed by atoms with van der Waals surface area (Å²) in [6.07, 6.45) is -6.46. The Labute approximate surface area is 129 Å². The van der Waals surface area contributed by atoms with Crippen molar-refractivity contribution in [3.8, 4) is 0 Å². The van der Waals surface area contributed by atoms with Gasteiger partial charge in [0.2, 0.25) is 0 Å². The summed E-state index contributed by atoms with van der Waals surface area (Å²) in [5.74, 6) is -1.45. The Morgan fingerprint density at radius 1 is 1.30 bits per heavy atom. The number of aryl methyl sites for hydroxylation is 1. The van der Waals surface area contributed by atoms with Crippen molar-refractivity contribution in [2.45, 2.75) is 52.1 Å². The predicted molar refractivity (Wildman–Crippen MR) is 70.7 cm³/mol. The number of alkyl carbamates (subject to hydrolysis) is 1. The van der Waals surface area contributed by atoms with Gasteiger partial charge in [-0.05, 0) is 20.8 Å². The highest BCUT2D eigenvalue weighted by Gasteiger charge is 2.29. The first-order chi connectivity index (χ1) is 10.4. The minimum atomic E-state index is -4.43. The van der Waals surface area contributed by atoms with E-state index in [0.29, 0.717) is 0 Å². The number of hydrogen-bond donors (Lipinski definition) is 2.